The van der Waals surface area contributed by atoms with Crippen LogP contribution in [0.2, 0.25) is 0 Å². The Morgan fingerprint density at radius 2 is 1.93 bits per heavy atom. The Bertz CT molecular complexity index is 643. The Hall–Kier alpha value is -1.78. The van der Waals surface area contributed by atoms with E-state index in [0.29, 0.717) is 32.3 Å². The molecule has 2 heterocycles. The number of guanidine groups is 1. The van der Waals surface area contributed by atoms with Crippen molar-refractivity contribution in [3.63, 3.8) is 0 Å². The van der Waals surface area contributed by atoms with Crippen molar-refractivity contribution in [2.24, 2.45) is 4.99 Å². The number of aromatic nitrogens is 1. The SMILES string of the molecule is CCNC(=NCc1ccc(N(CC)CC)nc1)NC1CCN(C(=O)OCC)CC1.I. The molecule has 9 heteroatoms. The van der Waals surface area contributed by atoms with Crippen molar-refractivity contribution in [3.8, 4) is 0 Å². The number of halogens is 1. The van der Waals surface area contributed by atoms with Gasteiger partial charge in [0.1, 0.15) is 5.82 Å². The number of pyridine rings is 1. The number of aliphatic imine (C=N–C) groups is 1. The number of anilines is 1. The van der Waals surface area contributed by atoms with Gasteiger partial charge in [-0.3, -0.25) is 0 Å². The highest BCUT2D eigenvalue weighted by molar-refractivity contribution is 14.0. The molecule has 1 aromatic heterocycles. The lowest BCUT2D eigenvalue weighted by Gasteiger charge is -2.32. The number of hydrogen-bond acceptors (Lipinski definition) is 5. The van der Waals surface area contributed by atoms with Crippen LogP contribution in [-0.2, 0) is 11.3 Å². The maximum atomic E-state index is 11.8. The van der Waals surface area contributed by atoms with Crippen LogP contribution in [0.25, 0.3) is 0 Å². The fourth-order valence-electron chi connectivity index (χ4n) is 3.35. The van der Waals surface area contributed by atoms with Gasteiger partial charge in [-0.25, -0.2) is 14.8 Å². The van der Waals surface area contributed by atoms with E-state index in [1.807, 2.05) is 13.1 Å². The van der Waals surface area contributed by atoms with Crippen molar-refractivity contribution < 1.29 is 9.53 Å². The zero-order valence-electron chi connectivity index (χ0n) is 18.7. The van der Waals surface area contributed by atoms with Gasteiger partial charge >= 0.3 is 6.09 Å². The molecule has 0 unspecified atom stereocenters. The molecule has 1 aliphatic heterocycles. The van der Waals surface area contributed by atoms with Crippen molar-refractivity contribution in [1.29, 1.82) is 0 Å². The number of piperidine rings is 1. The molecule has 0 aliphatic carbocycles. The third-order valence-electron chi connectivity index (χ3n) is 5.02. The molecular formula is C21H37IN6O2. The number of nitrogens with one attached hydrogen (secondary N) is 2. The molecule has 1 aliphatic rings. The van der Waals surface area contributed by atoms with Gasteiger partial charge in [0.2, 0.25) is 0 Å². The average molecular weight is 532 g/mol. The number of likely N-dealkylation sites (tertiary alicyclic amines) is 1. The number of hydrogen-bond donors (Lipinski definition) is 2. The Balaban J connectivity index is 0.00000450. The summed E-state index contributed by atoms with van der Waals surface area (Å²) in [6.45, 7) is 13.2. The number of amides is 1. The van der Waals surface area contributed by atoms with Gasteiger partial charge in [0.15, 0.2) is 5.96 Å². The van der Waals surface area contributed by atoms with Gasteiger partial charge < -0.3 is 25.2 Å². The quantitative estimate of drug-likeness (QED) is 0.304. The Labute approximate surface area is 197 Å². The molecule has 170 valence electrons. The van der Waals surface area contributed by atoms with E-state index in [0.717, 1.165) is 49.8 Å². The number of rotatable bonds is 8. The molecule has 8 nitrogen and oxygen atoms in total. The van der Waals surface area contributed by atoms with Crippen LogP contribution < -0.4 is 15.5 Å². The monoisotopic (exact) mass is 532 g/mol. The van der Waals surface area contributed by atoms with E-state index in [1.165, 1.54) is 0 Å². The second kappa shape index (κ2) is 14.3. The fourth-order valence-corrected chi connectivity index (χ4v) is 3.35. The van der Waals surface area contributed by atoms with E-state index >= 15 is 0 Å². The van der Waals surface area contributed by atoms with Crippen molar-refractivity contribution in [2.75, 3.05) is 44.2 Å². The number of carbonyl (C=O) groups excluding carboxylic acids is 1. The molecule has 0 atom stereocenters. The maximum Gasteiger partial charge on any atom is 0.409 e. The molecule has 0 spiro atoms. The first-order valence-corrected chi connectivity index (χ1v) is 10.8. The molecule has 0 bridgehead atoms. The molecule has 1 aromatic rings. The summed E-state index contributed by atoms with van der Waals surface area (Å²) in [5, 5.41) is 6.81. The Morgan fingerprint density at radius 1 is 1.23 bits per heavy atom. The van der Waals surface area contributed by atoms with Crippen molar-refractivity contribution in [3.05, 3.63) is 23.9 Å². The minimum atomic E-state index is -0.216. The van der Waals surface area contributed by atoms with Crippen LogP contribution in [0.4, 0.5) is 10.6 Å². The first-order chi connectivity index (χ1) is 14.1. The Kier molecular flexibility index (Phi) is 12.5. The highest BCUT2D eigenvalue weighted by atomic mass is 127. The zero-order chi connectivity index (χ0) is 21.1. The molecule has 1 fully saturated rings. The molecule has 2 N–H and O–H groups in total. The summed E-state index contributed by atoms with van der Waals surface area (Å²) in [5.41, 5.74) is 1.08. The summed E-state index contributed by atoms with van der Waals surface area (Å²) in [5.74, 6) is 1.80. The van der Waals surface area contributed by atoms with E-state index < -0.39 is 0 Å². The summed E-state index contributed by atoms with van der Waals surface area (Å²) < 4.78 is 5.08. The Morgan fingerprint density at radius 3 is 2.47 bits per heavy atom. The minimum absolute atomic E-state index is 0. The minimum Gasteiger partial charge on any atom is -0.450 e. The second-order valence-corrected chi connectivity index (χ2v) is 7.00. The van der Waals surface area contributed by atoms with Gasteiger partial charge in [0.05, 0.1) is 13.2 Å². The van der Waals surface area contributed by atoms with E-state index in [2.05, 4.69) is 53.4 Å². The lowest BCUT2D eigenvalue weighted by atomic mass is 10.1. The highest BCUT2D eigenvalue weighted by Gasteiger charge is 2.24. The first kappa shape index (κ1) is 26.3. The lowest BCUT2D eigenvalue weighted by molar-refractivity contribution is 0.0963. The summed E-state index contributed by atoms with van der Waals surface area (Å²) in [6.07, 6.45) is 3.44. The van der Waals surface area contributed by atoms with Crippen molar-refractivity contribution in [1.82, 2.24) is 20.5 Å². The number of carbonyl (C=O) groups is 1. The van der Waals surface area contributed by atoms with Gasteiger partial charge in [0.25, 0.3) is 0 Å². The molecule has 1 saturated heterocycles. The van der Waals surface area contributed by atoms with E-state index in [9.17, 15) is 4.79 Å². The molecule has 1 amide bonds. The smallest absolute Gasteiger partial charge is 0.409 e. The van der Waals surface area contributed by atoms with Gasteiger partial charge in [-0.05, 0) is 52.2 Å². The third-order valence-corrected chi connectivity index (χ3v) is 5.02. The van der Waals surface area contributed by atoms with E-state index in [4.69, 9.17) is 9.73 Å². The van der Waals surface area contributed by atoms with Crippen LogP contribution in [0.15, 0.2) is 23.3 Å². The van der Waals surface area contributed by atoms with E-state index in [-0.39, 0.29) is 30.1 Å². The highest BCUT2D eigenvalue weighted by Crippen LogP contribution is 2.13. The van der Waals surface area contributed by atoms with Crippen LogP contribution in [0.3, 0.4) is 0 Å². The predicted octanol–water partition coefficient (Wildman–Crippen LogP) is 3.22. The van der Waals surface area contributed by atoms with Crippen LogP contribution in [0, 0.1) is 0 Å². The van der Waals surface area contributed by atoms with Crippen LogP contribution >= 0.6 is 24.0 Å². The topological polar surface area (TPSA) is 82.1 Å². The second-order valence-electron chi connectivity index (χ2n) is 7.00. The number of nitrogens with zero attached hydrogens (tertiary/aromatic N) is 4. The largest absolute Gasteiger partial charge is 0.450 e. The summed E-state index contributed by atoms with van der Waals surface area (Å²) in [7, 11) is 0. The molecule has 0 saturated carbocycles. The standard InChI is InChI=1S/C21H36N6O2.HI/c1-5-22-20(25-18-11-13-27(14-12-18)21(28)29-8-4)24-16-17-9-10-19(23-15-17)26(6-2)7-3;/h9-10,15,18H,5-8,11-14,16H2,1-4H3,(H2,22,24,25);1H. The molecule has 30 heavy (non-hydrogen) atoms. The average Bonchev–Trinajstić information content (AvgIpc) is 2.74. The lowest BCUT2D eigenvalue weighted by Crippen LogP contribution is -2.49. The normalized spacial score (nSPS) is 14.7. The summed E-state index contributed by atoms with van der Waals surface area (Å²) in [6, 6.07) is 4.44. The zero-order valence-corrected chi connectivity index (χ0v) is 21.0. The van der Waals surface area contributed by atoms with Gasteiger partial charge in [-0.15, -0.1) is 24.0 Å². The molecule has 2 rings (SSSR count). The van der Waals surface area contributed by atoms with E-state index in [1.54, 1.807) is 4.90 Å². The summed E-state index contributed by atoms with van der Waals surface area (Å²) in [4.78, 5) is 25.1. The maximum absolute atomic E-state index is 11.8. The van der Waals surface area contributed by atoms with Gasteiger partial charge in [0, 0.05) is 45.0 Å². The van der Waals surface area contributed by atoms with Gasteiger partial charge in [-0.1, -0.05) is 6.07 Å². The van der Waals surface area contributed by atoms with Crippen LogP contribution in [0.5, 0.6) is 0 Å². The van der Waals surface area contributed by atoms with Crippen molar-refractivity contribution in [2.45, 2.75) is 53.1 Å². The third kappa shape index (κ3) is 8.16. The number of ether oxygens (including phenoxy) is 1. The van der Waals surface area contributed by atoms with Crippen molar-refractivity contribution >= 4 is 41.8 Å². The van der Waals surface area contributed by atoms with Gasteiger partial charge in [-0.2, -0.15) is 0 Å². The predicted molar refractivity (Wildman–Crippen MR) is 133 cm³/mol. The first-order valence-electron chi connectivity index (χ1n) is 10.8. The molecular weight excluding hydrogens is 495 g/mol. The molecule has 0 aromatic carbocycles. The van der Waals surface area contributed by atoms with Crippen LogP contribution in [-0.4, -0.2) is 67.3 Å². The molecule has 0 radical (unpaired) electrons. The van der Waals surface area contributed by atoms with Crippen LogP contribution in [0.1, 0.15) is 46.1 Å². The fraction of sp³-hybridized carbons (Fsp3) is 0.667. The summed E-state index contributed by atoms with van der Waals surface area (Å²) >= 11 is 0.